The summed E-state index contributed by atoms with van der Waals surface area (Å²) in [5, 5.41) is 54.6. The van der Waals surface area contributed by atoms with Crippen LogP contribution in [0.1, 0.15) is 271 Å². The Hall–Kier alpha value is -2.63. The minimum Gasteiger partial charge on any atom is -0.394 e. The van der Waals surface area contributed by atoms with E-state index in [9.17, 15) is 30.3 Å². The first kappa shape index (κ1) is 70.4. The van der Waals surface area contributed by atoms with Crippen LogP contribution >= 0.6 is 0 Å². The van der Waals surface area contributed by atoms with Crippen molar-refractivity contribution in [1.29, 1.82) is 0 Å². The molecular weight excluding hydrogens is 935 g/mol. The number of amides is 1. The van der Waals surface area contributed by atoms with Crippen molar-refractivity contribution in [2.24, 2.45) is 0 Å². The molecule has 0 spiro atoms. The zero-order chi connectivity index (χ0) is 54.3. The van der Waals surface area contributed by atoms with Gasteiger partial charge in [0.25, 0.3) is 0 Å². The third-order valence-electron chi connectivity index (χ3n) is 14.4. The van der Waals surface area contributed by atoms with Crippen molar-refractivity contribution in [1.82, 2.24) is 5.32 Å². The van der Waals surface area contributed by atoms with Crippen LogP contribution in [0.25, 0.3) is 0 Å². The highest BCUT2D eigenvalue weighted by Crippen LogP contribution is 2.23. The van der Waals surface area contributed by atoms with Crippen LogP contribution in [-0.4, -0.2) is 87.5 Å². The van der Waals surface area contributed by atoms with Gasteiger partial charge in [0, 0.05) is 6.42 Å². The van der Waals surface area contributed by atoms with E-state index >= 15 is 0 Å². The molecule has 1 fully saturated rings. The Morgan fingerprint density at radius 1 is 0.467 bits per heavy atom. The van der Waals surface area contributed by atoms with Crippen molar-refractivity contribution in [3.05, 3.63) is 85.1 Å². The van der Waals surface area contributed by atoms with E-state index < -0.39 is 49.5 Å². The zero-order valence-electron chi connectivity index (χ0n) is 48.3. The largest absolute Gasteiger partial charge is 0.394 e. The van der Waals surface area contributed by atoms with E-state index in [0.717, 1.165) is 83.5 Å². The van der Waals surface area contributed by atoms with E-state index in [0.29, 0.717) is 6.42 Å². The number of aliphatic hydroxyl groups excluding tert-OH is 5. The molecule has 0 bridgehead atoms. The van der Waals surface area contributed by atoms with Crippen LogP contribution in [0.3, 0.4) is 0 Å². The summed E-state index contributed by atoms with van der Waals surface area (Å²) in [7, 11) is 0. The van der Waals surface area contributed by atoms with E-state index in [1.807, 2.05) is 6.08 Å². The molecule has 0 saturated carbocycles. The lowest BCUT2D eigenvalue weighted by Crippen LogP contribution is -2.60. The molecule has 1 heterocycles. The van der Waals surface area contributed by atoms with E-state index in [2.05, 4.69) is 92.1 Å². The highest BCUT2D eigenvalue weighted by atomic mass is 16.7. The van der Waals surface area contributed by atoms with Crippen LogP contribution in [0.4, 0.5) is 0 Å². The second-order valence-corrected chi connectivity index (χ2v) is 21.4. The van der Waals surface area contributed by atoms with Crippen molar-refractivity contribution < 1.29 is 39.8 Å². The standard InChI is InChI=1S/C66H117NO8/c1-3-5-7-9-11-13-15-17-19-21-23-25-27-28-29-30-31-32-34-35-37-39-41-43-45-47-49-51-53-55-60(69)59(58-74-66-65(73)64(72)63(71)61(57-68)75-66)67-62(70)56-54-52-50-48-46-44-42-40-38-36-33-26-24-22-20-18-16-14-12-10-8-6-4-2/h6,8,12,14,18,20,24,26,37,39,45,47,53,55,59-61,63-66,68-69,71-73H,3-5,7,9-11,13,15-17,19,21-23,25,27-36,38,40-44,46,48-52,54,56-58H2,1-2H3,(H,67,70)/b8-6-,14-12-,20-18-,26-24-,39-37+,47-45+,55-53+. The van der Waals surface area contributed by atoms with Crippen molar-refractivity contribution in [3.63, 3.8) is 0 Å². The first-order valence-electron chi connectivity index (χ1n) is 31.3. The zero-order valence-corrected chi connectivity index (χ0v) is 48.3. The average molecular weight is 1050 g/mol. The van der Waals surface area contributed by atoms with Gasteiger partial charge < -0.3 is 40.3 Å². The molecule has 0 radical (unpaired) electrons. The van der Waals surface area contributed by atoms with Gasteiger partial charge in [0.1, 0.15) is 24.4 Å². The Morgan fingerprint density at radius 2 is 0.840 bits per heavy atom. The Labute approximate surface area is 461 Å². The fourth-order valence-corrected chi connectivity index (χ4v) is 9.53. The molecule has 1 aliphatic heterocycles. The van der Waals surface area contributed by atoms with Crippen LogP contribution in [-0.2, 0) is 14.3 Å². The van der Waals surface area contributed by atoms with Crippen LogP contribution in [0, 0.1) is 0 Å². The van der Waals surface area contributed by atoms with Crippen molar-refractivity contribution >= 4 is 5.91 Å². The van der Waals surface area contributed by atoms with Crippen LogP contribution in [0.5, 0.6) is 0 Å². The van der Waals surface area contributed by atoms with Crippen LogP contribution in [0.15, 0.2) is 85.1 Å². The van der Waals surface area contributed by atoms with E-state index in [4.69, 9.17) is 9.47 Å². The first-order chi connectivity index (χ1) is 36.8. The van der Waals surface area contributed by atoms with Gasteiger partial charge in [-0.1, -0.05) is 266 Å². The lowest BCUT2D eigenvalue weighted by atomic mass is 9.99. The molecule has 9 heteroatoms. The number of nitrogens with one attached hydrogen (secondary N) is 1. The summed E-state index contributed by atoms with van der Waals surface area (Å²) in [6, 6.07) is -0.837. The highest BCUT2D eigenvalue weighted by Gasteiger charge is 2.44. The lowest BCUT2D eigenvalue weighted by Gasteiger charge is -2.40. The number of unbranched alkanes of at least 4 members (excludes halogenated alkanes) is 31. The van der Waals surface area contributed by atoms with Gasteiger partial charge in [-0.05, 0) is 83.5 Å². The maximum atomic E-state index is 13.1. The molecule has 75 heavy (non-hydrogen) atoms. The second kappa shape index (κ2) is 54.7. The molecule has 1 rings (SSSR count). The second-order valence-electron chi connectivity index (χ2n) is 21.4. The fourth-order valence-electron chi connectivity index (χ4n) is 9.53. The minimum absolute atomic E-state index is 0.197. The van der Waals surface area contributed by atoms with Gasteiger partial charge in [-0.3, -0.25) is 4.79 Å². The summed E-state index contributed by atoms with van der Waals surface area (Å²) >= 11 is 0. The van der Waals surface area contributed by atoms with Gasteiger partial charge in [0.2, 0.25) is 5.91 Å². The number of allylic oxidation sites excluding steroid dienone is 13. The number of carbonyl (C=O) groups excluding carboxylic acids is 1. The Balaban J connectivity index is 2.23. The van der Waals surface area contributed by atoms with E-state index in [1.54, 1.807) is 6.08 Å². The maximum absolute atomic E-state index is 13.1. The molecule has 434 valence electrons. The minimum atomic E-state index is -1.58. The number of ether oxygens (including phenoxy) is 2. The number of carbonyl (C=O) groups is 1. The Kier molecular flexibility index (Phi) is 51.3. The molecule has 9 nitrogen and oxygen atoms in total. The van der Waals surface area contributed by atoms with Gasteiger partial charge in [-0.15, -0.1) is 0 Å². The van der Waals surface area contributed by atoms with Gasteiger partial charge >= 0.3 is 0 Å². The quantitative estimate of drug-likeness (QED) is 0.0261. The normalized spacial score (nSPS) is 19.5. The summed E-state index contributed by atoms with van der Waals surface area (Å²) in [5.74, 6) is -0.197. The molecular formula is C66H117NO8. The average Bonchev–Trinajstić information content (AvgIpc) is 3.41. The van der Waals surface area contributed by atoms with E-state index in [-0.39, 0.29) is 12.5 Å². The summed E-state index contributed by atoms with van der Waals surface area (Å²) < 4.78 is 11.3. The number of aliphatic hydroxyl groups is 5. The van der Waals surface area contributed by atoms with E-state index in [1.165, 1.54) is 167 Å². The molecule has 6 N–H and O–H groups in total. The Bertz CT molecular complexity index is 1450. The first-order valence-corrected chi connectivity index (χ1v) is 31.3. The topological polar surface area (TPSA) is 149 Å². The van der Waals surface area contributed by atoms with Gasteiger partial charge in [0.05, 0.1) is 25.4 Å². The molecule has 7 unspecified atom stereocenters. The van der Waals surface area contributed by atoms with Crippen molar-refractivity contribution in [2.45, 2.75) is 314 Å². The van der Waals surface area contributed by atoms with Gasteiger partial charge in [-0.2, -0.15) is 0 Å². The van der Waals surface area contributed by atoms with Crippen molar-refractivity contribution in [3.8, 4) is 0 Å². The maximum Gasteiger partial charge on any atom is 0.220 e. The summed E-state index contributed by atoms with van der Waals surface area (Å²) in [5.41, 5.74) is 0. The fraction of sp³-hybridized carbons (Fsp3) is 0.773. The van der Waals surface area contributed by atoms with Gasteiger partial charge in [-0.25, -0.2) is 0 Å². The summed E-state index contributed by atoms with van der Waals surface area (Å²) in [4.78, 5) is 13.1. The Morgan fingerprint density at radius 3 is 1.28 bits per heavy atom. The van der Waals surface area contributed by atoms with Crippen LogP contribution in [0.2, 0.25) is 0 Å². The van der Waals surface area contributed by atoms with Gasteiger partial charge in [0.15, 0.2) is 6.29 Å². The molecule has 1 saturated heterocycles. The molecule has 7 atom stereocenters. The van der Waals surface area contributed by atoms with Crippen LogP contribution < -0.4 is 5.32 Å². The molecule has 1 amide bonds. The SMILES string of the molecule is CC/C=C\C/C=C\C/C=C\C/C=C\CCCCCCCCCCCCC(=O)NC(COC1OC(CO)C(O)C(O)C1O)C(O)/C=C/CC/C=C/CC/C=C/CCCCCCCCCCCCCCCCCCCCC. The smallest absolute Gasteiger partial charge is 0.220 e. The molecule has 0 aromatic carbocycles. The molecule has 0 aromatic rings. The third kappa shape index (κ3) is 44.0. The third-order valence-corrected chi connectivity index (χ3v) is 14.4. The molecule has 0 aromatic heterocycles. The predicted octanol–water partition coefficient (Wildman–Crippen LogP) is 16.2. The monoisotopic (exact) mass is 1050 g/mol. The predicted molar refractivity (Wildman–Crippen MR) is 318 cm³/mol. The number of rotatable bonds is 53. The number of hydrogen-bond donors (Lipinski definition) is 6. The summed E-state index contributed by atoms with van der Waals surface area (Å²) in [6.45, 7) is 3.66. The molecule has 1 aliphatic rings. The molecule has 0 aliphatic carbocycles. The summed E-state index contributed by atoms with van der Waals surface area (Å²) in [6.07, 6.45) is 70.9. The lowest BCUT2D eigenvalue weighted by molar-refractivity contribution is -0.302. The van der Waals surface area contributed by atoms with Crippen molar-refractivity contribution in [2.75, 3.05) is 13.2 Å². The highest BCUT2D eigenvalue weighted by molar-refractivity contribution is 5.76. The number of hydrogen-bond acceptors (Lipinski definition) is 8.